The molecule has 2 aromatic carbocycles. The van der Waals surface area contributed by atoms with Crippen LogP contribution < -0.4 is 15.9 Å². The second kappa shape index (κ2) is 10.4. The second-order valence-electron chi connectivity index (χ2n) is 8.85. The zero-order valence-electron chi connectivity index (χ0n) is 19.6. The molecule has 36 heavy (non-hydrogen) atoms. The van der Waals surface area contributed by atoms with E-state index < -0.39 is 11.9 Å². The zero-order chi connectivity index (χ0) is 25.2. The van der Waals surface area contributed by atoms with E-state index in [4.69, 9.17) is 19.6 Å². The Hall–Kier alpha value is -3.21. The van der Waals surface area contributed by atoms with Gasteiger partial charge in [-0.15, -0.1) is 0 Å². The maximum Gasteiger partial charge on any atom is 0.290 e. The molecule has 1 unspecified atom stereocenters. The molecule has 2 amide bonds. The molecular formula is C26H26BrN3O6. The number of rotatable bonds is 8. The molecule has 1 atom stereocenters. The van der Waals surface area contributed by atoms with Crippen molar-refractivity contribution in [3.05, 3.63) is 74.0 Å². The van der Waals surface area contributed by atoms with Gasteiger partial charge in [0.15, 0.2) is 12.0 Å². The SMILES string of the molecule is NC(=O)COc1ccc(C2c3c(oc4ccc(Br)cc4c3=O)C(=O)N2CCCN2CCOCC2)cc1. The number of carbonyl (C=O) groups is 2. The van der Waals surface area contributed by atoms with E-state index in [1.54, 1.807) is 47.4 Å². The van der Waals surface area contributed by atoms with Crippen molar-refractivity contribution in [2.75, 3.05) is 46.0 Å². The smallest absolute Gasteiger partial charge is 0.290 e. The monoisotopic (exact) mass is 555 g/mol. The first-order chi connectivity index (χ1) is 17.4. The van der Waals surface area contributed by atoms with Gasteiger partial charge in [-0.2, -0.15) is 0 Å². The number of morpholine rings is 1. The lowest BCUT2D eigenvalue weighted by molar-refractivity contribution is -0.119. The molecule has 1 fully saturated rings. The molecule has 9 nitrogen and oxygen atoms in total. The minimum atomic E-state index is -0.595. The van der Waals surface area contributed by atoms with Gasteiger partial charge in [0.25, 0.3) is 11.8 Å². The number of hydrogen-bond donors (Lipinski definition) is 1. The molecule has 0 bridgehead atoms. The van der Waals surface area contributed by atoms with Gasteiger partial charge in [0.2, 0.25) is 5.76 Å². The molecule has 2 aliphatic rings. The molecule has 10 heteroatoms. The second-order valence-corrected chi connectivity index (χ2v) is 9.76. The molecule has 2 aliphatic heterocycles. The average Bonchev–Trinajstić information content (AvgIpc) is 3.16. The molecule has 1 saturated heterocycles. The summed E-state index contributed by atoms with van der Waals surface area (Å²) in [7, 11) is 0. The van der Waals surface area contributed by atoms with Crippen molar-refractivity contribution >= 4 is 38.7 Å². The summed E-state index contributed by atoms with van der Waals surface area (Å²) >= 11 is 3.42. The van der Waals surface area contributed by atoms with Gasteiger partial charge in [-0.3, -0.25) is 19.3 Å². The van der Waals surface area contributed by atoms with Crippen LogP contribution in [0, 0.1) is 0 Å². The maximum absolute atomic E-state index is 13.7. The standard InChI is InChI=1S/C26H26BrN3O6/c27-17-4-7-20-19(14-17)24(32)22-23(16-2-5-18(6-3-16)35-15-21(28)31)30(26(33)25(22)36-20)9-1-8-29-10-12-34-13-11-29/h2-7,14,23H,1,8-13,15H2,(H2,28,31). The third kappa shape index (κ3) is 4.88. The lowest BCUT2D eigenvalue weighted by atomic mass is 9.98. The Bertz CT molecular complexity index is 1350. The van der Waals surface area contributed by atoms with Gasteiger partial charge in [0.1, 0.15) is 11.3 Å². The normalized spacial score (nSPS) is 18.0. The van der Waals surface area contributed by atoms with Crippen LogP contribution in [0.5, 0.6) is 5.75 Å². The Morgan fingerprint density at radius 3 is 2.56 bits per heavy atom. The van der Waals surface area contributed by atoms with Crippen molar-refractivity contribution in [2.45, 2.75) is 12.5 Å². The number of ether oxygens (including phenoxy) is 2. The molecular weight excluding hydrogens is 530 g/mol. The number of hydrogen-bond acceptors (Lipinski definition) is 7. The highest BCUT2D eigenvalue weighted by Gasteiger charge is 2.42. The number of amides is 2. The van der Waals surface area contributed by atoms with Crippen LogP contribution >= 0.6 is 15.9 Å². The van der Waals surface area contributed by atoms with E-state index in [1.165, 1.54) is 0 Å². The summed E-state index contributed by atoms with van der Waals surface area (Å²) in [5, 5.41) is 0.414. The Morgan fingerprint density at radius 1 is 1.08 bits per heavy atom. The van der Waals surface area contributed by atoms with Crippen LogP contribution in [-0.2, 0) is 9.53 Å². The number of halogens is 1. The van der Waals surface area contributed by atoms with E-state index in [2.05, 4.69) is 20.8 Å². The van der Waals surface area contributed by atoms with Crippen LogP contribution in [0.3, 0.4) is 0 Å². The highest BCUT2D eigenvalue weighted by molar-refractivity contribution is 9.10. The molecule has 0 spiro atoms. The van der Waals surface area contributed by atoms with Crippen molar-refractivity contribution in [3.63, 3.8) is 0 Å². The van der Waals surface area contributed by atoms with Crippen LogP contribution in [0.4, 0.5) is 0 Å². The largest absolute Gasteiger partial charge is 0.484 e. The Balaban J connectivity index is 1.49. The van der Waals surface area contributed by atoms with Gasteiger partial charge < -0.3 is 24.5 Å². The number of nitrogens with two attached hydrogens (primary N) is 1. The van der Waals surface area contributed by atoms with E-state index >= 15 is 0 Å². The Labute approximate surface area is 215 Å². The van der Waals surface area contributed by atoms with Crippen LogP contribution in [0.2, 0.25) is 0 Å². The fourth-order valence-corrected chi connectivity index (χ4v) is 5.12. The molecule has 0 saturated carbocycles. The van der Waals surface area contributed by atoms with E-state index in [1.807, 2.05) is 0 Å². The van der Waals surface area contributed by atoms with Gasteiger partial charge in [-0.05, 0) is 42.3 Å². The minimum absolute atomic E-state index is 0.0836. The summed E-state index contributed by atoms with van der Waals surface area (Å²) in [6.45, 7) is 4.21. The number of primary amides is 1. The van der Waals surface area contributed by atoms with E-state index in [0.717, 1.165) is 36.1 Å². The van der Waals surface area contributed by atoms with E-state index in [-0.39, 0.29) is 23.7 Å². The Morgan fingerprint density at radius 2 is 1.83 bits per heavy atom. The van der Waals surface area contributed by atoms with Crippen molar-refractivity contribution in [1.82, 2.24) is 9.80 Å². The number of benzene rings is 2. The highest BCUT2D eigenvalue weighted by Crippen LogP contribution is 2.39. The predicted octanol–water partition coefficient (Wildman–Crippen LogP) is 2.69. The fraction of sp³-hybridized carbons (Fsp3) is 0.346. The molecule has 0 radical (unpaired) electrons. The third-order valence-corrected chi connectivity index (χ3v) is 6.97. The van der Waals surface area contributed by atoms with Gasteiger partial charge in [0.05, 0.1) is 30.2 Å². The number of nitrogens with zero attached hydrogens (tertiary/aromatic N) is 2. The quantitative estimate of drug-likeness (QED) is 0.454. The predicted molar refractivity (Wildman–Crippen MR) is 136 cm³/mol. The average molecular weight is 556 g/mol. The highest BCUT2D eigenvalue weighted by atomic mass is 79.9. The molecule has 2 N–H and O–H groups in total. The van der Waals surface area contributed by atoms with Gasteiger partial charge in [0, 0.05) is 30.7 Å². The topological polar surface area (TPSA) is 115 Å². The van der Waals surface area contributed by atoms with Crippen molar-refractivity contribution in [1.29, 1.82) is 0 Å². The molecule has 0 aliphatic carbocycles. The molecule has 3 aromatic rings. The van der Waals surface area contributed by atoms with Gasteiger partial charge in [-0.1, -0.05) is 28.1 Å². The van der Waals surface area contributed by atoms with Gasteiger partial charge in [-0.25, -0.2) is 0 Å². The lowest BCUT2D eigenvalue weighted by Gasteiger charge is -2.29. The van der Waals surface area contributed by atoms with Crippen molar-refractivity contribution < 1.29 is 23.5 Å². The molecule has 3 heterocycles. The number of carbonyl (C=O) groups excluding carboxylic acids is 2. The van der Waals surface area contributed by atoms with Crippen LogP contribution in [0.25, 0.3) is 11.0 Å². The molecule has 1 aromatic heterocycles. The van der Waals surface area contributed by atoms with Gasteiger partial charge >= 0.3 is 0 Å². The molecule has 5 rings (SSSR count). The summed E-state index contributed by atoms with van der Waals surface area (Å²) in [6.07, 6.45) is 0.745. The first-order valence-corrected chi connectivity index (χ1v) is 12.6. The fourth-order valence-electron chi connectivity index (χ4n) is 4.76. The maximum atomic E-state index is 13.7. The number of fused-ring (bicyclic) bond motifs is 2. The summed E-state index contributed by atoms with van der Waals surface area (Å²) in [5.74, 6) is -0.319. The van der Waals surface area contributed by atoms with Crippen LogP contribution in [0.15, 0.2) is 56.1 Å². The minimum Gasteiger partial charge on any atom is -0.484 e. The summed E-state index contributed by atoms with van der Waals surface area (Å²) in [4.78, 5) is 42.3. The first kappa shape index (κ1) is 24.5. The summed E-state index contributed by atoms with van der Waals surface area (Å²) in [6, 6.07) is 11.6. The van der Waals surface area contributed by atoms with E-state index in [9.17, 15) is 14.4 Å². The van der Waals surface area contributed by atoms with Crippen molar-refractivity contribution in [2.24, 2.45) is 5.73 Å². The van der Waals surface area contributed by atoms with Crippen molar-refractivity contribution in [3.8, 4) is 5.75 Å². The lowest BCUT2D eigenvalue weighted by Crippen LogP contribution is -2.38. The summed E-state index contributed by atoms with van der Waals surface area (Å²) < 4.78 is 17.5. The van der Waals surface area contributed by atoms with Crippen LogP contribution in [-0.4, -0.2) is 67.6 Å². The zero-order valence-corrected chi connectivity index (χ0v) is 21.2. The summed E-state index contributed by atoms with van der Waals surface area (Å²) in [5.41, 5.74) is 6.40. The van der Waals surface area contributed by atoms with E-state index in [0.29, 0.717) is 42.0 Å². The molecule has 188 valence electrons. The van der Waals surface area contributed by atoms with Crippen LogP contribution in [0.1, 0.15) is 34.1 Å². The Kier molecular flexibility index (Phi) is 7.08. The third-order valence-electron chi connectivity index (χ3n) is 6.48. The first-order valence-electron chi connectivity index (χ1n) is 11.8.